The second-order valence-corrected chi connectivity index (χ2v) is 5.47. The monoisotopic (exact) mass is 337 g/mol. The van der Waals surface area contributed by atoms with Crippen LogP contribution in [0, 0.1) is 0 Å². The lowest BCUT2D eigenvalue weighted by Crippen LogP contribution is -2.19. The number of nitrogens with zero attached hydrogens (tertiary/aromatic N) is 1. The number of carbonyl (C=O) groups is 1. The van der Waals surface area contributed by atoms with Gasteiger partial charge in [-0.15, -0.1) is 0 Å². The van der Waals surface area contributed by atoms with E-state index >= 15 is 0 Å². The molecular weight excluding hydrogens is 318 g/mol. The Bertz CT molecular complexity index is 944. The predicted molar refractivity (Wildman–Crippen MR) is 97.5 cm³/mol. The van der Waals surface area contributed by atoms with Crippen molar-refractivity contribution in [3.63, 3.8) is 0 Å². The number of ether oxygens (including phenoxy) is 2. The first-order chi connectivity index (χ1) is 12.1. The quantitative estimate of drug-likeness (QED) is 0.554. The zero-order valence-corrected chi connectivity index (χ0v) is 14.3. The van der Waals surface area contributed by atoms with Crippen LogP contribution in [-0.2, 0) is 0 Å². The first kappa shape index (κ1) is 16.6. The zero-order valence-electron chi connectivity index (χ0n) is 14.3. The van der Waals surface area contributed by atoms with E-state index in [1.54, 1.807) is 20.3 Å². The Morgan fingerprint density at radius 1 is 1.08 bits per heavy atom. The van der Waals surface area contributed by atoms with E-state index in [1.165, 1.54) is 0 Å². The minimum Gasteiger partial charge on any atom is -0.497 e. The van der Waals surface area contributed by atoms with Crippen LogP contribution >= 0.6 is 0 Å². The standard InChI is InChI=1S/C19H19N3O3/c1-12(15-6-4-5-7-18(15)25-3)21-22-19(23)17-11-13-10-14(24-2)8-9-16(13)20-17/h4-11,20H,1-3H3,(H,22,23)/b21-12-. The zero-order chi connectivity index (χ0) is 17.8. The molecule has 0 radical (unpaired) electrons. The number of para-hydroxylation sites is 1. The Labute approximate surface area is 145 Å². The van der Waals surface area contributed by atoms with E-state index in [2.05, 4.69) is 15.5 Å². The number of H-pyrrole nitrogens is 1. The minimum absolute atomic E-state index is 0.315. The van der Waals surface area contributed by atoms with Crippen molar-refractivity contribution in [2.24, 2.45) is 5.10 Å². The SMILES string of the molecule is COc1ccc2[nH]c(C(=O)N/N=C(/C)c3ccccc3OC)cc2c1. The molecule has 0 aliphatic rings. The average Bonchev–Trinajstić information content (AvgIpc) is 3.08. The van der Waals surface area contributed by atoms with E-state index in [-0.39, 0.29) is 5.91 Å². The molecule has 0 aliphatic carbocycles. The highest BCUT2D eigenvalue weighted by Crippen LogP contribution is 2.21. The molecule has 2 aromatic carbocycles. The molecule has 0 saturated carbocycles. The number of aromatic nitrogens is 1. The third-order valence-electron chi connectivity index (χ3n) is 3.89. The van der Waals surface area contributed by atoms with Crippen LogP contribution in [0.5, 0.6) is 11.5 Å². The van der Waals surface area contributed by atoms with E-state index in [0.717, 1.165) is 22.2 Å². The number of methoxy groups -OCH3 is 2. The number of hydrogen-bond acceptors (Lipinski definition) is 4. The maximum atomic E-state index is 12.3. The third-order valence-corrected chi connectivity index (χ3v) is 3.89. The van der Waals surface area contributed by atoms with Crippen LogP contribution in [0.2, 0.25) is 0 Å². The van der Waals surface area contributed by atoms with Crippen LogP contribution in [0.3, 0.4) is 0 Å². The highest BCUT2D eigenvalue weighted by molar-refractivity contribution is 6.03. The van der Waals surface area contributed by atoms with Crippen molar-refractivity contribution in [1.29, 1.82) is 0 Å². The first-order valence-electron chi connectivity index (χ1n) is 7.77. The number of hydrazone groups is 1. The van der Waals surface area contributed by atoms with E-state index in [4.69, 9.17) is 9.47 Å². The molecule has 0 spiro atoms. The lowest BCUT2D eigenvalue weighted by Gasteiger charge is -2.07. The van der Waals surface area contributed by atoms with Crippen LogP contribution in [0.15, 0.2) is 53.6 Å². The summed E-state index contributed by atoms with van der Waals surface area (Å²) in [5.74, 6) is 1.13. The van der Waals surface area contributed by atoms with Crippen molar-refractivity contribution in [2.75, 3.05) is 14.2 Å². The molecule has 3 rings (SSSR count). The molecule has 1 heterocycles. The summed E-state index contributed by atoms with van der Waals surface area (Å²) >= 11 is 0. The van der Waals surface area contributed by atoms with Crippen molar-refractivity contribution < 1.29 is 14.3 Å². The number of rotatable bonds is 5. The smallest absolute Gasteiger partial charge is 0.287 e. The summed E-state index contributed by atoms with van der Waals surface area (Å²) in [6.45, 7) is 1.81. The maximum absolute atomic E-state index is 12.3. The summed E-state index contributed by atoms with van der Waals surface area (Å²) in [6.07, 6.45) is 0. The molecule has 3 aromatic rings. The fourth-order valence-corrected chi connectivity index (χ4v) is 2.56. The number of amides is 1. The molecule has 25 heavy (non-hydrogen) atoms. The van der Waals surface area contributed by atoms with Gasteiger partial charge in [0.1, 0.15) is 17.2 Å². The molecule has 0 atom stereocenters. The van der Waals surface area contributed by atoms with Gasteiger partial charge in [0.2, 0.25) is 0 Å². The van der Waals surface area contributed by atoms with E-state index < -0.39 is 0 Å². The van der Waals surface area contributed by atoms with Gasteiger partial charge in [0.05, 0.1) is 19.9 Å². The summed E-state index contributed by atoms with van der Waals surface area (Å²) in [5, 5.41) is 5.07. The number of carbonyl (C=O) groups excluding carboxylic acids is 1. The molecule has 0 aliphatic heterocycles. The van der Waals surface area contributed by atoms with Crippen molar-refractivity contribution in [1.82, 2.24) is 10.4 Å². The van der Waals surface area contributed by atoms with Crippen LogP contribution in [0.4, 0.5) is 0 Å². The first-order valence-corrected chi connectivity index (χ1v) is 7.77. The Morgan fingerprint density at radius 2 is 1.88 bits per heavy atom. The normalized spacial score (nSPS) is 11.4. The number of benzene rings is 2. The molecule has 0 unspecified atom stereocenters. The lowest BCUT2D eigenvalue weighted by atomic mass is 10.1. The summed E-state index contributed by atoms with van der Waals surface area (Å²) in [6, 6.07) is 14.9. The van der Waals surface area contributed by atoms with Gasteiger partial charge in [-0.05, 0) is 43.3 Å². The molecule has 6 nitrogen and oxygen atoms in total. The van der Waals surface area contributed by atoms with Gasteiger partial charge in [-0.25, -0.2) is 5.43 Å². The largest absolute Gasteiger partial charge is 0.497 e. The summed E-state index contributed by atoms with van der Waals surface area (Å²) in [4.78, 5) is 15.4. The van der Waals surface area contributed by atoms with Crippen molar-refractivity contribution in [3.8, 4) is 11.5 Å². The van der Waals surface area contributed by atoms with E-state index in [9.17, 15) is 4.79 Å². The maximum Gasteiger partial charge on any atom is 0.287 e. The molecule has 0 saturated heterocycles. The second kappa shape index (κ2) is 7.09. The van der Waals surface area contributed by atoms with E-state index in [1.807, 2.05) is 49.4 Å². The minimum atomic E-state index is -0.315. The fourth-order valence-electron chi connectivity index (χ4n) is 2.56. The second-order valence-electron chi connectivity index (χ2n) is 5.47. The van der Waals surface area contributed by atoms with E-state index in [0.29, 0.717) is 17.2 Å². The van der Waals surface area contributed by atoms with Gasteiger partial charge < -0.3 is 14.5 Å². The molecule has 0 bridgehead atoms. The van der Waals surface area contributed by atoms with Crippen LogP contribution in [0.25, 0.3) is 10.9 Å². The predicted octanol–water partition coefficient (Wildman–Crippen LogP) is 3.34. The van der Waals surface area contributed by atoms with Crippen molar-refractivity contribution in [3.05, 3.63) is 59.8 Å². The Balaban J connectivity index is 1.80. The van der Waals surface area contributed by atoms with Crippen molar-refractivity contribution in [2.45, 2.75) is 6.92 Å². The number of nitrogens with one attached hydrogen (secondary N) is 2. The summed E-state index contributed by atoms with van der Waals surface area (Å²) in [5.41, 5.74) is 5.34. The number of hydrogen-bond donors (Lipinski definition) is 2. The highest BCUT2D eigenvalue weighted by atomic mass is 16.5. The van der Waals surface area contributed by atoms with Gasteiger partial charge in [-0.3, -0.25) is 4.79 Å². The molecule has 2 N–H and O–H groups in total. The topological polar surface area (TPSA) is 75.7 Å². The fraction of sp³-hybridized carbons (Fsp3) is 0.158. The van der Waals surface area contributed by atoms with Gasteiger partial charge in [-0.2, -0.15) is 5.10 Å². The van der Waals surface area contributed by atoms with Crippen molar-refractivity contribution >= 4 is 22.5 Å². The molecule has 1 amide bonds. The van der Waals surface area contributed by atoms with Crippen LogP contribution in [-0.4, -0.2) is 30.8 Å². The molecule has 6 heteroatoms. The average molecular weight is 337 g/mol. The number of fused-ring (bicyclic) bond motifs is 1. The van der Waals surface area contributed by atoms with Gasteiger partial charge >= 0.3 is 0 Å². The summed E-state index contributed by atoms with van der Waals surface area (Å²) < 4.78 is 10.5. The van der Waals surface area contributed by atoms with Gasteiger partial charge in [0.15, 0.2) is 0 Å². The van der Waals surface area contributed by atoms with Gasteiger partial charge in [-0.1, -0.05) is 12.1 Å². The lowest BCUT2D eigenvalue weighted by molar-refractivity contribution is 0.0950. The molecule has 1 aromatic heterocycles. The van der Waals surface area contributed by atoms with Gasteiger partial charge in [0, 0.05) is 16.5 Å². The highest BCUT2D eigenvalue weighted by Gasteiger charge is 2.11. The number of aromatic amines is 1. The third kappa shape index (κ3) is 3.47. The Morgan fingerprint density at radius 3 is 2.64 bits per heavy atom. The molecule has 0 fully saturated rings. The van der Waals surface area contributed by atoms with Gasteiger partial charge in [0.25, 0.3) is 5.91 Å². The summed E-state index contributed by atoms with van der Waals surface area (Å²) in [7, 11) is 3.21. The van der Waals surface area contributed by atoms with Crippen LogP contribution in [0.1, 0.15) is 23.0 Å². The molecule has 128 valence electrons. The molecular formula is C19H19N3O3. The van der Waals surface area contributed by atoms with Crippen LogP contribution < -0.4 is 14.9 Å². The Kier molecular flexibility index (Phi) is 4.70. The Hall–Kier alpha value is -3.28.